The highest BCUT2D eigenvalue weighted by Gasteiger charge is 2.40. The van der Waals surface area contributed by atoms with Gasteiger partial charge in [0.1, 0.15) is 16.1 Å². The molecule has 2 heterocycles. The van der Waals surface area contributed by atoms with Crippen molar-refractivity contribution in [3.05, 3.63) is 231 Å². The quantitative estimate of drug-likeness (QED) is 0.0986. The highest BCUT2D eigenvalue weighted by Crippen LogP contribution is 2.51. The highest BCUT2D eigenvalue weighted by molar-refractivity contribution is 7.03. The van der Waals surface area contributed by atoms with Gasteiger partial charge < -0.3 is 9.80 Å². The van der Waals surface area contributed by atoms with E-state index in [4.69, 9.17) is 0 Å². The first kappa shape index (κ1) is 41.0. The zero-order valence-corrected chi connectivity index (χ0v) is 41.8. The van der Waals surface area contributed by atoms with Gasteiger partial charge in [0, 0.05) is 34.1 Å². The molecule has 14 rings (SSSR count). The molecule has 2 aliphatic heterocycles. The molecule has 12 aromatic rings. The number of para-hydroxylation sites is 4. The standard InChI is InChI=1S/C66H50N2Si2/c1-69(2)61-32-15-11-28-57(61)67(58-29-12-16-33-62(58)69)45-37-39-53-55(41-45)65(51-27-19-22-43-20-5-7-23-47(43)51)52-38-36-46(68-59-30-13-17-34-63(59)70(3,4)64-35-18-14-31-60(64)68)42-56(52)66(53)54-40-44-21-6-8-24-48(44)49-25-9-10-26-50(49)54/h5-42H,1-4H3. The fourth-order valence-electron chi connectivity index (χ4n) is 12.7. The van der Waals surface area contributed by atoms with E-state index in [0.717, 1.165) is 11.4 Å². The Morgan fingerprint density at radius 1 is 0.257 bits per heavy atom. The minimum absolute atomic E-state index is 1.16. The predicted octanol–water partition coefficient (Wildman–Crippen LogP) is 16.0. The van der Waals surface area contributed by atoms with Crippen molar-refractivity contribution in [2.24, 2.45) is 0 Å². The maximum atomic E-state index is 2.55. The first-order valence-electron chi connectivity index (χ1n) is 24.7. The average Bonchev–Trinajstić information content (AvgIpc) is 3.40. The van der Waals surface area contributed by atoms with E-state index in [9.17, 15) is 0 Å². The lowest BCUT2D eigenvalue weighted by Crippen LogP contribution is -2.58. The van der Waals surface area contributed by atoms with Crippen LogP contribution in [0.15, 0.2) is 231 Å². The van der Waals surface area contributed by atoms with Gasteiger partial charge in [0.15, 0.2) is 0 Å². The van der Waals surface area contributed by atoms with E-state index in [2.05, 4.69) is 267 Å². The summed E-state index contributed by atoms with van der Waals surface area (Å²) in [5.74, 6) is 0. The molecule has 0 radical (unpaired) electrons. The third-order valence-electron chi connectivity index (χ3n) is 16.0. The summed E-state index contributed by atoms with van der Waals surface area (Å²) < 4.78 is 0. The molecule has 0 amide bonds. The molecular formula is C66H50N2Si2. The highest BCUT2D eigenvalue weighted by atomic mass is 28.3. The molecule has 0 bridgehead atoms. The Morgan fingerprint density at radius 3 is 1.16 bits per heavy atom. The minimum Gasteiger partial charge on any atom is -0.311 e. The molecule has 0 N–H and O–H groups in total. The molecule has 0 unspecified atom stereocenters. The molecule has 2 aliphatic rings. The molecule has 2 nitrogen and oxygen atoms in total. The Kier molecular flexibility index (Phi) is 8.92. The van der Waals surface area contributed by atoms with Crippen molar-refractivity contribution in [2.45, 2.75) is 26.2 Å². The van der Waals surface area contributed by atoms with Crippen molar-refractivity contribution < 1.29 is 0 Å². The van der Waals surface area contributed by atoms with E-state index in [1.165, 1.54) is 120 Å². The number of hydrogen-bond acceptors (Lipinski definition) is 2. The van der Waals surface area contributed by atoms with E-state index in [1.807, 2.05) is 0 Å². The molecule has 0 spiro atoms. The van der Waals surface area contributed by atoms with Gasteiger partial charge in [-0.15, -0.1) is 0 Å². The van der Waals surface area contributed by atoms with Crippen LogP contribution in [0.5, 0.6) is 0 Å². The monoisotopic (exact) mass is 926 g/mol. The van der Waals surface area contributed by atoms with E-state index in [-0.39, 0.29) is 0 Å². The zero-order chi connectivity index (χ0) is 46.9. The van der Waals surface area contributed by atoms with Crippen molar-refractivity contribution in [2.75, 3.05) is 9.80 Å². The van der Waals surface area contributed by atoms with Crippen molar-refractivity contribution in [1.82, 2.24) is 0 Å². The van der Waals surface area contributed by atoms with Crippen LogP contribution in [0.4, 0.5) is 34.1 Å². The second-order valence-electron chi connectivity index (χ2n) is 20.4. The largest absolute Gasteiger partial charge is 0.311 e. The first-order valence-corrected chi connectivity index (χ1v) is 30.7. The summed E-state index contributed by atoms with van der Waals surface area (Å²) in [6, 6.07) is 87.5. The SMILES string of the molecule is C[Si]1(C)c2ccccc2N(c2ccc3c(-c4cc5ccccc5c5ccccc45)c4cc(N5c6ccccc6[Si](C)(C)c6ccccc65)ccc4c(-c4cccc5ccccc45)c3c2)c2ccccc21. The predicted molar refractivity (Wildman–Crippen MR) is 308 cm³/mol. The van der Waals surface area contributed by atoms with Crippen LogP contribution >= 0.6 is 0 Å². The van der Waals surface area contributed by atoms with E-state index in [1.54, 1.807) is 0 Å². The van der Waals surface area contributed by atoms with E-state index >= 15 is 0 Å². The van der Waals surface area contributed by atoms with Gasteiger partial charge in [-0.1, -0.05) is 202 Å². The molecule has 0 fully saturated rings. The van der Waals surface area contributed by atoms with Crippen LogP contribution in [0.25, 0.3) is 76.1 Å². The van der Waals surface area contributed by atoms with Gasteiger partial charge in [-0.05, 0) is 151 Å². The maximum absolute atomic E-state index is 2.55. The van der Waals surface area contributed by atoms with Crippen LogP contribution in [-0.4, -0.2) is 16.1 Å². The first-order chi connectivity index (χ1) is 34.3. The summed E-state index contributed by atoms with van der Waals surface area (Å²) in [5, 5.41) is 18.3. The number of fused-ring (bicyclic) bond motifs is 10. The van der Waals surface area contributed by atoms with Crippen LogP contribution in [0.2, 0.25) is 26.2 Å². The summed E-state index contributed by atoms with van der Waals surface area (Å²) in [4.78, 5) is 5.09. The van der Waals surface area contributed by atoms with Crippen LogP contribution in [-0.2, 0) is 0 Å². The van der Waals surface area contributed by atoms with Crippen molar-refractivity contribution in [1.29, 1.82) is 0 Å². The van der Waals surface area contributed by atoms with Gasteiger partial charge in [-0.2, -0.15) is 0 Å². The van der Waals surface area contributed by atoms with Gasteiger partial charge in [0.25, 0.3) is 0 Å². The van der Waals surface area contributed by atoms with Gasteiger partial charge >= 0.3 is 0 Å². The molecular weight excluding hydrogens is 877 g/mol. The van der Waals surface area contributed by atoms with Gasteiger partial charge in [-0.3, -0.25) is 0 Å². The summed E-state index contributed by atoms with van der Waals surface area (Å²) in [5.41, 5.74) is 12.4. The normalized spacial score (nSPS) is 14.5. The average molecular weight is 927 g/mol. The van der Waals surface area contributed by atoms with Crippen molar-refractivity contribution >= 4 is 125 Å². The Balaban J connectivity index is 1.15. The van der Waals surface area contributed by atoms with Crippen LogP contribution < -0.4 is 30.5 Å². The molecule has 12 aromatic carbocycles. The minimum atomic E-state index is -2.01. The van der Waals surface area contributed by atoms with Gasteiger partial charge in [0.05, 0.1) is 0 Å². The number of benzene rings is 12. The summed E-state index contributed by atoms with van der Waals surface area (Å²) in [7, 11) is -4.02. The molecule has 0 aliphatic carbocycles. The third kappa shape index (κ3) is 5.84. The lowest BCUT2D eigenvalue weighted by atomic mass is 9.82. The molecule has 0 saturated carbocycles. The lowest BCUT2D eigenvalue weighted by Gasteiger charge is -2.41. The van der Waals surface area contributed by atoms with Gasteiger partial charge in [0.2, 0.25) is 0 Å². The Morgan fingerprint density at radius 2 is 0.643 bits per heavy atom. The Bertz CT molecular complexity index is 4060. The second kappa shape index (κ2) is 15.2. The Labute approximate surface area is 411 Å². The Hall–Kier alpha value is -8.03. The molecule has 70 heavy (non-hydrogen) atoms. The second-order valence-corrected chi connectivity index (χ2v) is 29.1. The molecule has 0 aromatic heterocycles. The molecule has 0 atom stereocenters. The maximum Gasteiger partial charge on any atom is 0.117 e. The van der Waals surface area contributed by atoms with Crippen molar-refractivity contribution in [3.63, 3.8) is 0 Å². The third-order valence-corrected chi connectivity index (χ3v) is 23.0. The molecule has 332 valence electrons. The summed E-state index contributed by atoms with van der Waals surface area (Å²) >= 11 is 0. The van der Waals surface area contributed by atoms with E-state index in [0.29, 0.717) is 0 Å². The van der Waals surface area contributed by atoms with Gasteiger partial charge in [-0.25, -0.2) is 0 Å². The lowest BCUT2D eigenvalue weighted by molar-refractivity contribution is 1.29. The van der Waals surface area contributed by atoms with E-state index < -0.39 is 16.1 Å². The fraction of sp³-hybridized carbons (Fsp3) is 0.0606. The summed E-state index contributed by atoms with van der Waals surface area (Å²) in [6.45, 7) is 10.0. The number of rotatable bonds is 4. The van der Waals surface area contributed by atoms with Crippen LogP contribution in [0.1, 0.15) is 0 Å². The van der Waals surface area contributed by atoms with Crippen LogP contribution in [0.3, 0.4) is 0 Å². The van der Waals surface area contributed by atoms with Crippen LogP contribution in [0, 0.1) is 0 Å². The molecule has 4 heteroatoms. The zero-order valence-electron chi connectivity index (χ0n) is 39.8. The number of anilines is 6. The topological polar surface area (TPSA) is 6.48 Å². The number of hydrogen-bond donors (Lipinski definition) is 0. The summed E-state index contributed by atoms with van der Waals surface area (Å²) in [6.07, 6.45) is 0. The number of nitrogens with zero attached hydrogens (tertiary/aromatic N) is 2. The van der Waals surface area contributed by atoms with Crippen molar-refractivity contribution in [3.8, 4) is 22.3 Å². The fourth-order valence-corrected chi connectivity index (χ4v) is 18.6. The smallest absolute Gasteiger partial charge is 0.117 e. The molecule has 0 saturated heterocycles.